The third-order valence-electron chi connectivity index (χ3n) is 2.90. The number of aliphatic hydroxyl groups is 1. The van der Waals surface area contributed by atoms with Gasteiger partial charge in [-0.2, -0.15) is 0 Å². The maximum atomic E-state index is 11.9. The molecule has 0 saturated carbocycles. The maximum absolute atomic E-state index is 11.9. The van der Waals surface area contributed by atoms with E-state index >= 15 is 0 Å². The summed E-state index contributed by atoms with van der Waals surface area (Å²) >= 11 is 0. The number of rotatable bonds is 4. The molecule has 20 heavy (non-hydrogen) atoms. The van der Waals surface area contributed by atoms with Gasteiger partial charge < -0.3 is 10.4 Å². The Morgan fingerprint density at radius 1 is 1.10 bits per heavy atom. The largest absolute Gasteiger partial charge is 0.389 e. The zero-order valence-corrected chi connectivity index (χ0v) is 11.3. The molecule has 0 bridgehead atoms. The summed E-state index contributed by atoms with van der Waals surface area (Å²) in [6.07, 6.45) is 2.61. The number of benzene rings is 2. The van der Waals surface area contributed by atoms with E-state index in [1.807, 2.05) is 42.5 Å². The second-order valence-corrected chi connectivity index (χ2v) is 4.50. The third-order valence-corrected chi connectivity index (χ3v) is 2.90. The lowest BCUT2D eigenvalue weighted by molar-refractivity contribution is -0.111. The first-order chi connectivity index (χ1) is 9.66. The lowest BCUT2D eigenvalue weighted by atomic mass is 10.1. The average molecular weight is 267 g/mol. The van der Waals surface area contributed by atoms with Crippen molar-refractivity contribution in [2.45, 2.75) is 13.0 Å². The van der Waals surface area contributed by atoms with Gasteiger partial charge in [-0.3, -0.25) is 4.79 Å². The van der Waals surface area contributed by atoms with Crippen LogP contribution in [0.5, 0.6) is 0 Å². The molecule has 0 spiro atoms. The molecule has 0 saturated heterocycles. The number of amides is 1. The van der Waals surface area contributed by atoms with Crippen LogP contribution in [0.4, 0.5) is 5.69 Å². The lowest BCUT2D eigenvalue weighted by Crippen LogP contribution is -2.10. The molecule has 0 aliphatic carbocycles. The molecule has 2 N–H and O–H groups in total. The number of para-hydroxylation sites is 1. The monoisotopic (exact) mass is 267 g/mol. The van der Waals surface area contributed by atoms with E-state index in [1.165, 1.54) is 6.08 Å². The number of nitrogens with one attached hydrogen (secondary N) is 1. The van der Waals surface area contributed by atoms with Crippen LogP contribution in [0.25, 0.3) is 6.08 Å². The van der Waals surface area contributed by atoms with Gasteiger partial charge in [0, 0.05) is 17.3 Å². The minimum Gasteiger partial charge on any atom is -0.389 e. The van der Waals surface area contributed by atoms with E-state index in [0.717, 1.165) is 5.56 Å². The topological polar surface area (TPSA) is 49.3 Å². The number of aliphatic hydroxyl groups excluding tert-OH is 1. The summed E-state index contributed by atoms with van der Waals surface area (Å²) in [6.45, 7) is 1.67. The Hall–Kier alpha value is -2.39. The quantitative estimate of drug-likeness (QED) is 0.834. The number of carbonyl (C=O) groups is 1. The number of carbonyl (C=O) groups excluding carboxylic acids is 1. The maximum Gasteiger partial charge on any atom is 0.248 e. The minimum atomic E-state index is -0.621. The molecular weight excluding hydrogens is 250 g/mol. The summed E-state index contributed by atoms with van der Waals surface area (Å²) in [7, 11) is 0. The third kappa shape index (κ3) is 3.80. The molecule has 0 fully saturated rings. The highest BCUT2D eigenvalue weighted by Crippen LogP contribution is 2.22. The number of anilines is 1. The van der Waals surface area contributed by atoms with E-state index in [-0.39, 0.29) is 5.91 Å². The minimum absolute atomic E-state index is 0.220. The molecule has 2 aromatic carbocycles. The smallest absolute Gasteiger partial charge is 0.248 e. The summed E-state index contributed by atoms with van der Waals surface area (Å²) in [6, 6.07) is 16.8. The SMILES string of the molecule is CC(O)c1ccccc1NC(=O)C=Cc1ccccc1. The molecule has 0 radical (unpaired) electrons. The highest BCUT2D eigenvalue weighted by Gasteiger charge is 2.08. The van der Waals surface area contributed by atoms with E-state index in [4.69, 9.17) is 0 Å². The van der Waals surface area contributed by atoms with E-state index in [2.05, 4.69) is 5.32 Å². The molecule has 0 aliphatic rings. The van der Waals surface area contributed by atoms with Gasteiger partial charge in [0.25, 0.3) is 0 Å². The van der Waals surface area contributed by atoms with Gasteiger partial charge in [0.1, 0.15) is 0 Å². The fourth-order valence-electron chi connectivity index (χ4n) is 1.89. The zero-order chi connectivity index (χ0) is 14.4. The van der Waals surface area contributed by atoms with Gasteiger partial charge in [-0.25, -0.2) is 0 Å². The van der Waals surface area contributed by atoms with Crippen molar-refractivity contribution in [3.05, 3.63) is 71.8 Å². The van der Waals surface area contributed by atoms with Crippen LogP contribution in [-0.2, 0) is 4.79 Å². The molecule has 1 amide bonds. The number of hydrogen-bond donors (Lipinski definition) is 2. The Kier molecular flexibility index (Phi) is 4.69. The van der Waals surface area contributed by atoms with Gasteiger partial charge in [-0.05, 0) is 24.6 Å². The first-order valence-electron chi connectivity index (χ1n) is 6.48. The van der Waals surface area contributed by atoms with Crippen molar-refractivity contribution < 1.29 is 9.90 Å². The van der Waals surface area contributed by atoms with Crippen LogP contribution in [0.1, 0.15) is 24.2 Å². The first kappa shape index (κ1) is 14.0. The summed E-state index contributed by atoms with van der Waals surface area (Å²) in [5.41, 5.74) is 2.30. The van der Waals surface area contributed by atoms with Crippen molar-refractivity contribution in [2.24, 2.45) is 0 Å². The Balaban J connectivity index is 2.07. The fraction of sp³-hybridized carbons (Fsp3) is 0.118. The van der Waals surface area contributed by atoms with Gasteiger partial charge in [-0.15, -0.1) is 0 Å². The predicted molar refractivity (Wildman–Crippen MR) is 81.2 cm³/mol. The number of hydrogen-bond acceptors (Lipinski definition) is 2. The molecule has 1 unspecified atom stereocenters. The highest BCUT2D eigenvalue weighted by atomic mass is 16.3. The molecule has 102 valence electrons. The molecule has 1 atom stereocenters. The van der Waals surface area contributed by atoms with E-state index in [0.29, 0.717) is 11.3 Å². The molecule has 2 rings (SSSR count). The second kappa shape index (κ2) is 6.68. The summed E-state index contributed by atoms with van der Waals surface area (Å²) in [5.74, 6) is -0.220. The molecule has 0 aromatic heterocycles. The van der Waals surface area contributed by atoms with Crippen molar-refractivity contribution in [2.75, 3.05) is 5.32 Å². The second-order valence-electron chi connectivity index (χ2n) is 4.50. The molecule has 0 aliphatic heterocycles. The molecule has 0 heterocycles. The summed E-state index contributed by atoms with van der Waals surface area (Å²) in [4.78, 5) is 11.9. The van der Waals surface area contributed by atoms with Crippen LogP contribution in [0, 0.1) is 0 Å². The lowest BCUT2D eigenvalue weighted by Gasteiger charge is -2.11. The molecule has 3 nitrogen and oxygen atoms in total. The van der Waals surface area contributed by atoms with Gasteiger partial charge in [0.15, 0.2) is 0 Å². The van der Waals surface area contributed by atoms with Gasteiger partial charge in [-0.1, -0.05) is 48.5 Å². The van der Waals surface area contributed by atoms with E-state index in [1.54, 1.807) is 25.1 Å². The normalized spacial score (nSPS) is 12.3. The highest BCUT2D eigenvalue weighted by molar-refractivity contribution is 6.02. The van der Waals surface area contributed by atoms with Crippen LogP contribution in [0.3, 0.4) is 0 Å². The molecule has 3 heteroatoms. The van der Waals surface area contributed by atoms with E-state index in [9.17, 15) is 9.90 Å². The Morgan fingerprint density at radius 3 is 2.45 bits per heavy atom. The van der Waals surface area contributed by atoms with Crippen LogP contribution >= 0.6 is 0 Å². The van der Waals surface area contributed by atoms with Crippen LogP contribution in [-0.4, -0.2) is 11.0 Å². The van der Waals surface area contributed by atoms with Crippen molar-refractivity contribution in [3.8, 4) is 0 Å². The van der Waals surface area contributed by atoms with Gasteiger partial charge >= 0.3 is 0 Å². The van der Waals surface area contributed by atoms with Crippen LogP contribution < -0.4 is 5.32 Å². The average Bonchev–Trinajstić information content (AvgIpc) is 2.46. The standard InChI is InChI=1S/C17H17NO2/c1-13(19)15-9-5-6-10-16(15)18-17(20)12-11-14-7-3-2-4-8-14/h2-13,19H,1H3,(H,18,20). The van der Waals surface area contributed by atoms with Crippen LogP contribution in [0.2, 0.25) is 0 Å². The molecular formula is C17H17NO2. The molecule has 2 aromatic rings. The van der Waals surface area contributed by atoms with Crippen molar-refractivity contribution >= 4 is 17.7 Å². The fourth-order valence-corrected chi connectivity index (χ4v) is 1.89. The zero-order valence-electron chi connectivity index (χ0n) is 11.3. The van der Waals surface area contributed by atoms with Crippen molar-refractivity contribution in [1.29, 1.82) is 0 Å². The van der Waals surface area contributed by atoms with E-state index < -0.39 is 6.10 Å². The van der Waals surface area contributed by atoms with Crippen molar-refractivity contribution in [3.63, 3.8) is 0 Å². The van der Waals surface area contributed by atoms with Gasteiger partial charge in [0.05, 0.1) is 6.10 Å². The van der Waals surface area contributed by atoms with Crippen LogP contribution in [0.15, 0.2) is 60.7 Å². The summed E-state index contributed by atoms with van der Waals surface area (Å²) < 4.78 is 0. The Bertz CT molecular complexity index is 603. The summed E-state index contributed by atoms with van der Waals surface area (Å²) in [5, 5.41) is 12.4. The first-order valence-corrected chi connectivity index (χ1v) is 6.48. The van der Waals surface area contributed by atoms with Crippen molar-refractivity contribution in [1.82, 2.24) is 0 Å². The Labute approximate surface area is 118 Å². The predicted octanol–water partition coefficient (Wildman–Crippen LogP) is 3.39. The van der Waals surface area contributed by atoms with Gasteiger partial charge in [0.2, 0.25) is 5.91 Å². The Morgan fingerprint density at radius 2 is 1.75 bits per heavy atom.